The molecule has 16 heteroatoms. The number of halogens is 6. The van der Waals surface area contributed by atoms with Gasteiger partial charge in [0, 0.05) is 11.1 Å². The van der Waals surface area contributed by atoms with Gasteiger partial charge in [-0.3, -0.25) is 0 Å². The van der Waals surface area contributed by atoms with Gasteiger partial charge in [0.05, 0.1) is 31.6 Å². The number of rotatable bonds is 4. The first-order valence-corrected chi connectivity index (χ1v) is 13.4. The fourth-order valence-corrected chi connectivity index (χ4v) is 5.88. The highest BCUT2D eigenvalue weighted by molar-refractivity contribution is 7.21. The molecule has 4 aromatic heterocycles. The summed E-state index contributed by atoms with van der Waals surface area (Å²) in [7, 11) is 0. The summed E-state index contributed by atoms with van der Waals surface area (Å²) in [4.78, 5) is 8.61. The molecule has 3 aromatic carbocycles. The number of aromatic nitrogens is 6. The van der Waals surface area contributed by atoms with Gasteiger partial charge in [-0.15, -0.1) is 43.1 Å². The van der Waals surface area contributed by atoms with Crippen molar-refractivity contribution in [2.45, 2.75) is 12.4 Å². The third kappa shape index (κ3) is 4.77. The van der Waals surface area contributed by atoms with Crippen LogP contribution in [0.2, 0.25) is 0 Å². The van der Waals surface area contributed by atoms with Crippen LogP contribution in [0.4, 0.5) is 26.3 Å². The Hall–Kier alpha value is -4.70. The van der Waals surface area contributed by atoms with E-state index in [1.54, 1.807) is 24.3 Å². The number of alkyl halides is 6. The molecule has 0 aliphatic carbocycles. The Kier molecular flexibility index (Phi) is 5.88. The van der Waals surface area contributed by atoms with Crippen molar-refractivity contribution in [2.24, 2.45) is 0 Å². The molecule has 0 N–H and O–H groups in total. The lowest BCUT2D eigenvalue weighted by Crippen LogP contribution is -2.03. The number of nitrogens with zero attached hydrogens (tertiary/aromatic N) is 6. The Morgan fingerprint density at radius 2 is 0.952 bits per heavy atom. The van der Waals surface area contributed by atoms with Crippen LogP contribution in [0.3, 0.4) is 0 Å². The van der Waals surface area contributed by atoms with Gasteiger partial charge in [-0.1, -0.05) is 6.07 Å². The maximum absolute atomic E-state index is 13.1. The van der Waals surface area contributed by atoms with Gasteiger partial charge in [0.2, 0.25) is 11.8 Å². The lowest BCUT2D eigenvalue weighted by molar-refractivity contribution is -0.138. The van der Waals surface area contributed by atoms with Crippen LogP contribution in [0.5, 0.6) is 0 Å². The van der Waals surface area contributed by atoms with Gasteiger partial charge in [-0.05, 0) is 54.6 Å². The van der Waals surface area contributed by atoms with Crippen LogP contribution in [0.25, 0.3) is 65.1 Å². The molecular weight excluding hydrogens is 606 g/mol. The molecule has 8 nitrogen and oxygen atoms in total. The summed E-state index contributed by atoms with van der Waals surface area (Å²) in [6, 6.07) is 13.2. The minimum atomic E-state index is -4.48. The van der Waals surface area contributed by atoms with Crippen LogP contribution in [0.15, 0.2) is 69.5 Å². The molecule has 210 valence electrons. The van der Waals surface area contributed by atoms with E-state index in [4.69, 9.17) is 8.83 Å². The number of benzene rings is 3. The molecule has 0 unspecified atom stereocenters. The molecule has 0 radical (unpaired) electrons. The zero-order chi connectivity index (χ0) is 29.2. The Bertz CT molecular complexity index is 1960. The Morgan fingerprint density at radius 3 is 1.38 bits per heavy atom. The predicted octanol–water partition coefficient (Wildman–Crippen LogP) is 8.38. The van der Waals surface area contributed by atoms with Gasteiger partial charge in [0.1, 0.15) is 0 Å². The highest BCUT2D eigenvalue weighted by Gasteiger charge is 2.32. The third-order valence-electron chi connectivity index (χ3n) is 6.00. The van der Waals surface area contributed by atoms with Gasteiger partial charge in [0.25, 0.3) is 11.8 Å². The van der Waals surface area contributed by atoms with Crippen molar-refractivity contribution < 1.29 is 35.2 Å². The zero-order valence-corrected chi connectivity index (χ0v) is 22.0. The van der Waals surface area contributed by atoms with E-state index in [1.807, 2.05) is 0 Å². The van der Waals surface area contributed by atoms with Gasteiger partial charge >= 0.3 is 12.4 Å². The van der Waals surface area contributed by atoms with E-state index in [2.05, 4.69) is 30.4 Å². The smallest absolute Gasteiger partial charge is 0.414 e. The first-order chi connectivity index (χ1) is 20.0. The molecular formula is C26H10F6N6O2S2. The molecule has 7 rings (SSSR count). The largest absolute Gasteiger partial charge is 0.416 e. The second-order valence-electron chi connectivity index (χ2n) is 8.80. The third-order valence-corrected chi connectivity index (χ3v) is 8.02. The highest BCUT2D eigenvalue weighted by atomic mass is 32.1. The molecule has 0 spiro atoms. The van der Waals surface area contributed by atoms with Crippen molar-refractivity contribution in [3.05, 3.63) is 71.8 Å². The second-order valence-corrected chi connectivity index (χ2v) is 10.9. The molecule has 4 heterocycles. The van der Waals surface area contributed by atoms with Crippen LogP contribution in [0.1, 0.15) is 11.1 Å². The quantitative estimate of drug-likeness (QED) is 0.182. The van der Waals surface area contributed by atoms with E-state index in [0.29, 0.717) is 31.6 Å². The highest BCUT2D eigenvalue weighted by Crippen LogP contribution is 2.38. The number of fused-ring (bicyclic) bond motifs is 2. The minimum Gasteiger partial charge on any atom is -0.414 e. The maximum Gasteiger partial charge on any atom is 0.416 e. The number of hydrogen-bond donors (Lipinski definition) is 0. The molecule has 0 bridgehead atoms. The predicted molar refractivity (Wildman–Crippen MR) is 140 cm³/mol. The van der Waals surface area contributed by atoms with Crippen LogP contribution in [0, 0.1) is 0 Å². The monoisotopic (exact) mass is 616 g/mol. The maximum atomic E-state index is 13.1. The topological polar surface area (TPSA) is 104 Å². The van der Waals surface area contributed by atoms with Crippen molar-refractivity contribution in [3.8, 4) is 44.7 Å². The van der Waals surface area contributed by atoms with Crippen LogP contribution in [-0.2, 0) is 12.4 Å². The fourth-order valence-electron chi connectivity index (χ4n) is 4.02. The SMILES string of the molecule is FC(F)(F)c1ccc2nc(-c3nnc(-c4cccc(-c5nnc(-c6nc7ccc(C(F)(F)F)cc7s6)o5)c4)o3)sc2c1. The van der Waals surface area contributed by atoms with E-state index in [-0.39, 0.29) is 33.6 Å². The van der Waals surface area contributed by atoms with Crippen molar-refractivity contribution in [3.63, 3.8) is 0 Å². The van der Waals surface area contributed by atoms with Gasteiger partial charge in [-0.2, -0.15) is 26.3 Å². The molecule has 0 fully saturated rings. The van der Waals surface area contributed by atoms with Crippen LogP contribution >= 0.6 is 22.7 Å². The Balaban J connectivity index is 1.15. The van der Waals surface area contributed by atoms with Gasteiger partial charge < -0.3 is 8.83 Å². The average Bonchev–Trinajstić information content (AvgIpc) is 3.76. The molecule has 0 aliphatic rings. The van der Waals surface area contributed by atoms with Gasteiger partial charge in [-0.25, -0.2) is 9.97 Å². The molecule has 0 saturated heterocycles. The lowest BCUT2D eigenvalue weighted by atomic mass is 10.1. The van der Waals surface area contributed by atoms with E-state index in [1.165, 1.54) is 12.1 Å². The summed E-state index contributed by atoms with van der Waals surface area (Å²) in [6.45, 7) is 0. The zero-order valence-electron chi connectivity index (χ0n) is 20.4. The summed E-state index contributed by atoms with van der Waals surface area (Å²) in [5.74, 6) is 0.312. The first-order valence-electron chi connectivity index (χ1n) is 11.8. The molecule has 7 aromatic rings. The summed E-state index contributed by atoms with van der Waals surface area (Å²) >= 11 is 1.98. The minimum absolute atomic E-state index is 0.0368. The molecule has 0 amide bonds. The first kappa shape index (κ1) is 26.2. The van der Waals surface area contributed by atoms with Crippen molar-refractivity contribution in [1.29, 1.82) is 0 Å². The second kappa shape index (κ2) is 9.42. The van der Waals surface area contributed by atoms with E-state index in [0.717, 1.165) is 46.9 Å². The number of thiazole rings is 2. The Morgan fingerprint density at radius 1 is 0.524 bits per heavy atom. The molecule has 42 heavy (non-hydrogen) atoms. The summed E-state index contributed by atoms with van der Waals surface area (Å²) in [6.07, 6.45) is -8.95. The van der Waals surface area contributed by atoms with Crippen LogP contribution in [-0.4, -0.2) is 30.4 Å². The van der Waals surface area contributed by atoms with Crippen molar-refractivity contribution in [2.75, 3.05) is 0 Å². The lowest BCUT2D eigenvalue weighted by Gasteiger charge is -2.04. The molecule has 0 saturated carbocycles. The summed E-state index contributed by atoms with van der Waals surface area (Å²) in [5.41, 5.74) is 0.154. The Labute approximate surface area is 237 Å². The van der Waals surface area contributed by atoms with Crippen molar-refractivity contribution in [1.82, 2.24) is 30.4 Å². The average molecular weight is 617 g/mol. The van der Waals surface area contributed by atoms with Crippen molar-refractivity contribution >= 4 is 43.1 Å². The van der Waals surface area contributed by atoms with E-state index < -0.39 is 23.5 Å². The summed E-state index contributed by atoms with van der Waals surface area (Å²) < 4.78 is 90.6. The fraction of sp³-hybridized carbons (Fsp3) is 0.0769. The summed E-state index contributed by atoms with van der Waals surface area (Å²) in [5, 5.41) is 16.6. The molecule has 0 atom stereocenters. The normalized spacial score (nSPS) is 12.5. The standard InChI is InChI=1S/C26H10F6N6O2S2/c27-25(28,29)13-4-6-15-17(9-13)41-23(33-15)21-37-35-19(39-21)11-2-1-3-12(8-11)20-36-38-22(40-20)24-34-16-7-5-14(26(30,31)32)10-18(16)42-24/h1-10H. The number of hydrogen-bond acceptors (Lipinski definition) is 10. The molecule has 0 aliphatic heterocycles. The van der Waals surface area contributed by atoms with Gasteiger partial charge in [0.15, 0.2) is 10.0 Å². The van der Waals surface area contributed by atoms with Crippen LogP contribution < -0.4 is 0 Å². The van der Waals surface area contributed by atoms with E-state index in [9.17, 15) is 26.3 Å². The van der Waals surface area contributed by atoms with E-state index >= 15 is 0 Å².